The summed E-state index contributed by atoms with van der Waals surface area (Å²) in [6.07, 6.45) is 4.04. The molecule has 2 atom stereocenters. The molecular formula is C38H43BrN2O2. The molecule has 0 radical (unpaired) electrons. The molecule has 5 rings (SSSR count). The molecule has 0 saturated carbocycles. The Labute approximate surface area is 264 Å². The molecule has 2 unspecified atom stereocenters. The number of rotatable bonds is 14. The number of pyridine rings is 1. The van der Waals surface area contributed by atoms with Gasteiger partial charge < -0.3 is 14.7 Å². The molecule has 1 aromatic heterocycles. The molecule has 1 heterocycles. The number of hydrogen-bond acceptors (Lipinski definition) is 4. The van der Waals surface area contributed by atoms with Gasteiger partial charge in [0.25, 0.3) is 0 Å². The number of fused-ring (bicyclic) bond motifs is 2. The third-order valence-electron chi connectivity index (χ3n) is 8.88. The van der Waals surface area contributed by atoms with Crippen LogP contribution in [0.3, 0.4) is 0 Å². The van der Waals surface area contributed by atoms with Gasteiger partial charge in [0.1, 0.15) is 0 Å². The molecule has 0 bridgehead atoms. The third kappa shape index (κ3) is 7.29. The number of ether oxygens (including phenoxy) is 1. The predicted octanol–water partition coefficient (Wildman–Crippen LogP) is 9.17. The average molecular weight is 640 g/mol. The topological polar surface area (TPSA) is 45.6 Å². The number of benzene rings is 4. The molecule has 4 aromatic carbocycles. The van der Waals surface area contributed by atoms with Gasteiger partial charge in [-0.1, -0.05) is 103 Å². The Morgan fingerprint density at radius 1 is 0.837 bits per heavy atom. The van der Waals surface area contributed by atoms with Crippen molar-refractivity contribution in [2.24, 2.45) is 0 Å². The van der Waals surface area contributed by atoms with E-state index in [-0.39, 0.29) is 5.92 Å². The lowest BCUT2D eigenvalue weighted by Crippen LogP contribution is -2.38. The van der Waals surface area contributed by atoms with Crippen LogP contribution in [0.2, 0.25) is 0 Å². The first-order valence-corrected chi connectivity index (χ1v) is 16.4. The Bertz CT molecular complexity index is 1630. The Kier molecular flexibility index (Phi) is 10.5. The molecule has 0 fully saturated rings. The lowest BCUT2D eigenvalue weighted by molar-refractivity contribution is 0.00347. The number of hydrogen-bond donors (Lipinski definition) is 1. The number of aromatic nitrogens is 1. The number of aliphatic hydroxyl groups is 1. The maximum Gasteiger partial charge on any atom is 0.217 e. The number of unbranched alkanes of at least 4 members (excludes halogenated alkanes) is 1. The van der Waals surface area contributed by atoms with Crippen LogP contribution >= 0.6 is 15.9 Å². The highest BCUT2D eigenvalue weighted by molar-refractivity contribution is 9.10. The summed E-state index contributed by atoms with van der Waals surface area (Å²) in [5.41, 5.74) is 3.09. The molecule has 0 spiro atoms. The van der Waals surface area contributed by atoms with Crippen molar-refractivity contribution in [2.75, 3.05) is 26.7 Å². The van der Waals surface area contributed by atoms with Crippen LogP contribution in [0.5, 0.6) is 5.88 Å². The zero-order chi connectivity index (χ0) is 30.2. The van der Waals surface area contributed by atoms with E-state index in [1.54, 1.807) is 7.11 Å². The molecular weight excluding hydrogens is 596 g/mol. The van der Waals surface area contributed by atoms with Gasteiger partial charge in [-0.15, -0.1) is 0 Å². The van der Waals surface area contributed by atoms with E-state index in [9.17, 15) is 5.11 Å². The number of nitrogens with zero attached hydrogens (tertiary/aromatic N) is 2. The van der Waals surface area contributed by atoms with E-state index in [1.165, 1.54) is 16.3 Å². The minimum absolute atomic E-state index is 0.317. The van der Waals surface area contributed by atoms with Crippen LogP contribution in [-0.4, -0.2) is 47.3 Å². The Balaban J connectivity index is 1.59. The van der Waals surface area contributed by atoms with Gasteiger partial charge in [-0.2, -0.15) is 0 Å². The molecule has 4 nitrogen and oxygen atoms in total. The van der Waals surface area contributed by atoms with Crippen LogP contribution in [0, 0.1) is 0 Å². The fraction of sp³-hybridized carbons (Fsp3) is 0.342. The van der Waals surface area contributed by atoms with E-state index >= 15 is 0 Å². The van der Waals surface area contributed by atoms with Gasteiger partial charge in [-0.25, -0.2) is 4.98 Å². The van der Waals surface area contributed by atoms with Crippen molar-refractivity contribution in [3.63, 3.8) is 0 Å². The van der Waals surface area contributed by atoms with Crippen LogP contribution in [0.1, 0.15) is 62.1 Å². The van der Waals surface area contributed by atoms with Crippen LogP contribution in [0.4, 0.5) is 0 Å². The maximum atomic E-state index is 13.0. The normalized spacial score (nSPS) is 13.8. The van der Waals surface area contributed by atoms with Crippen molar-refractivity contribution in [1.29, 1.82) is 0 Å². The summed E-state index contributed by atoms with van der Waals surface area (Å²) in [4.78, 5) is 7.39. The Morgan fingerprint density at radius 2 is 1.58 bits per heavy atom. The molecule has 5 aromatic rings. The highest BCUT2D eigenvalue weighted by Crippen LogP contribution is 2.45. The lowest BCUT2D eigenvalue weighted by atomic mass is 9.72. The van der Waals surface area contributed by atoms with E-state index in [2.05, 4.69) is 114 Å². The van der Waals surface area contributed by atoms with E-state index in [0.29, 0.717) is 18.7 Å². The van der Waals surface area contributed by atoms with Crippen molar-refractivity contribution >= 4 is 37.6 Å². The molecule has 5 heteroatoms. The van der Waals surface area contributed by atoms with Gasteiger partial charge in [-0.3, -0.25) is 0 Å². The smallest absolute Gasteiger partial charge is 0.217 e. The molecule has 224 valence electrons. The van der Waals surface area contributed by atoms with Crippen LogP contribution < -0.4 is 4.74 Å². The number of halogens is 1. The first kappa shape index (κ1) is 31.2. The van der Waals surface area contributed by atoms with Crippen LogP contribution in [0.15, 0.2) is 102 Å². The summed E-state index contributed by atoms with van der Waals surface area (Å²) < 4.78 is 6.94. The fourth-order valence-electron chi connectivity index (χ4n) is 6.52. The molecule has 0 aliphatic rings. The zero-order valence-corrected chi connectivity index (χ0v) is 27.2. The van der Waals surface area contributed by atoms with E-state index in [1.807, 2.05) is 18.2 Å². The second kappa shape index (κ2) is 14.5. The molecule has 1 N–H and O–H groups in total. The largest absolute Gasteiger partial charge is 0.481 e. The number of aryl methyl sites for hydroxylation is 1. The molecule has 43 heavy (non-hydrogen) atoms. The summed E-state index contributed by atoms with van der Waals surface area (Å²) >= 11 is 3.64. The van der Waals surface area contributed by atoms with Gasteiger partial charge >= 0.3 is 0 Å². The van der Waals surface area contributed by atoms with Gasteiger partial charge in [0.15, 0.2) is 0 Å². The zero-order valence-electron chi connectivity index (χ0n) is 25.6. The molecule has 0 aliphatic carbocycles. The minimum Gasteiger partial charge on any atom is -0.481 e. The predicted molar refractivity (Wildman–Crippen MR) is 183 cm³/mol. The first-order chi connectivity index (χ1) is 21.0. The second-order valence-corrected chi connectivity index (χ2v) is 12.4. The van der Waals surface area contributed by atoms with Gasteiger partial charge in [0.2, 0.25) is 5.88 Å². The van der Waals surface area contributed by atoms with E-state index in [0.717, 1.165) is 65.4 Å². The summed E-state index contributed by atoms with van der Waals surface area (Å²) in [6.45, 7) is 7.56. The summed E-state index contributed by atoms with van der Waals surface area (Å²) in [5.74, 6) is 0.248. The summed E-state index contributed by atoms with van der Waals surface area (Å²) in [6, 6.07) is 33.7. The Hall–Kier alpha value is -3.25. The standard InChI is InChI=1S/C38H43BrN2O2/c1-4-41(5-2)25-12-11-23-38(42,24-22-29-18-13-17-28-14-9-10-19-33(28)29)36(30-15-7-6-8-16-30)34-27-31-26-32(39)20-21-35(31)40-37(34)43-3/h6-10,13-21,26-27,36,42H,4-5,11-12,22-25H2,1-3H3. The minimum atomic E-state index is -1.03. The van der Waals surface area contributed by atoms with Gasteiger partial charge in [-0.05, 0) is 97.9 Å². The molecule has 0 saturated heterocycles. The van der Waals surface area contributed by atoms with Crippen molar-refractivity contribution < 1.29 is 9.84 Å². The summed E-state index contributed by atoms with van der Waals surface area (Å²) in [7, 11) is 1.68. The third-order valence-corrected chi connectivity index (χ3v) is 9.37. The highest BCUT2D eigenvalue weighted by atomic mass is 79.9. The van der Waals surface area contributed by atoms with Crippen LogP contribution in [-0.2, 0) is 6.42 Å². The highest BCUT2D eigenvalue weighted by Gasteiger charge is 2.40. The van der Waals surface area contributed by atoms with Crippen molar-refractivity contribution in [3.05, 3.63) is 118 Å². The fourth-order valence-corrected chi connectivity index (χ4v) is 6.90. The monoisotopic (exact) mass is 638 g/mol. The average Bonchev–Trinajstić information content (AvgIpc) is 3.04. The summed E-state index contributed by atoms with van der Waals surface area (Å²) in [5, 5.41) is 16.5. The molecule has 0 aliphatic heterocycles. The lowest BCUT2D eigenvalue weighted by Gasteiger charge is -2.38. The maximum absolute atomic E-state index is 13.0. The van der Waals surface area contributed by atoms with Gasteiger partial charge in [0.05, 0.1) is 18.2 Å². The van der Waals surface area contributed by atoms with Crippen molar-refractivity contribution in [1.82, 2.24) is 9.88 Å². The van der Waals surface area contributed by atoms with E-state index in [4.69, 9.17) is 9.72 Å². The van der Waals surface area contributed by atoms with Crippen molar-refractivity contribution in [3.8, 4) is 5.88 Å². The Morgan fingerprint density at radius 3 is 2.35 bits per heavy atom. The second-order valence-electron chi connectivity index (χ2n) is 11.5. The van der Waals surface area contributed by atoms with E-state index < -0.39 is 5.60 Å². The van der Waals surface area contributed by atoms with Crippen molar-refractivity contribution in [2.45, 2.75) is 57.5 Å². The molecule has 0 amide bonds. The number of methoxy groups -OCH3 is 1. The first-order valence-electron chi connectivity index (χ1n) is 15.6. The SMILES string of the molecule is CCN(CC)CCCCC(O)(CCc1cccc2ccccc12)C(c1ccccc1)c1cc2cc(Br)ccc2nc1OC. The van der Waals surface area contributed by atoms with Gasteiger partial charge in [0, 0.05) is 21.3 Å². The van der Waals surface area contributed by atoms with Crippen LogP contribution in [0.25, 0.3) is 21.7 Å². The quantitative estimate of drug-likeness (QED) is 0.123.